The fourth-order valence-corrected chi connectivity index (χ4v) is 2.67. The van der Waals surface area contributed by atoms with Gasteiger partial charge in [0.25, 0.3) is 0 Å². The van der Waals surface area contributed by atoms with Gasteiger partial charge in [-0.15, -0.1) is 0 Å². The number of carbonyl (C=O) groups is 3. The number of hydrogen-bond donors (Lipinski definition) is 2. The van der Waals surface area contributed by atoms with E-state index in [9.17, 15) is 14.4 Å². The van der Waals surface area contributed by atoms with Crippen LogP contribution in [0.4, 0.5) is 0 Å². The smallest absolute Gasteiger partial charge is 0.307 e. The lowest BCUT2D eigenvalue weighted by Crippen LogP contribution is -2.42. The monoisotopic (exact) mass is 270 g/mol. The van der Waals surface area contributed by atoms with Gasteiger partial charge in [0.2, 0.25) is 11.8 Å². The average molecular weight is 270 g/mol. The third-order valence-electron chi connectivity index (χ3n) is 3.56. The van der Waals surface area contributed by atoms with Gasteiger partial charge in [0.1, 0.15) is 0 Å². The van der Waals surface area contributed by atoms with E-state index in [-0.39, 0.29) is 24.3 Å². The Kier molecular flexibility index (Phi) is 5.32. The topological polar surface area (TPSA) is 86.7 Å². The van der Waals surface area contributed by atoms with Gasteiger partial charge in [-0.25, -0.2) is 0 Å². The van der Waals surface area contributed by atoms with Crippen LogP contribution in [-0.4, -0.2) is 47.9 Å². The van der Waals surface area contributed by atoms with Crippen LogP contribution in [0.5, 0.6) is 0 Å². The maximum absolute atomic E-state index is 12.2. The molecule has 0 bridgehead atoms. The van der Waals surface area contributed by atoms with Gasteiger partial charge in [-0.05, 0) is 25.7 Å². The number of hydrogen-bond acceptors (Lipinski definition) is 3. The van der Waals surface area contributed by atoms with Gasteiger partial charge in [0.15, 0.2) is 0 Å². The predicted molar refractivity (Wildman–Crippen MR) is 69.3 cm³/mol. The highest BCUT2D eigenvalue weighted by Gasteiger charge is 2.42. The zero-order valence-corrected chi connectivity index (χ0v) is 11.7. The van der Waals surface area contributed by atoms with Crippen LogP contribution in [0.1, 0.15) is 26.7 Å². The lowest BCUT2D eigenvalue weighted by atomic mass is 9.95. The maximum atomic E-state index is 12.2. The van der Waals surface area contributed by atoms with Gasteiger partial charge >= 0.3 is 5.97 Å². The van der Waals surface area contributed by atoms with Gasteiger partial charge in [0.05, 0.1) is 18.4 Å². The number of nitrogens with zero attached hydrogens (tertiary/aromatic N) is 1. The Labute approximate surface area is 113 Å². The summed E-state index contributed by atoms with van der Waals surface area (Å²) in [6, 6.07) is 0. The molecule has 1 aliphatic rings. The van der Waals surface area contributed by atoms with Crippen molar-refractivity contribution in [3.63, 3.8) is 0 Å². The molecule has 2 amide bonds. The second kappa shape index (κ2) is 6.54. The van der Waals surface area contributed by atoms with Crippen LogP contribution >= 0.6 is 0 Å². The summed E-state index contributed by atoms with van der Waals surface area (Å²) in [7, 11) is 1.54. The van der Waals surface area contributed by atoms with Crippen molar-refractivity contribution in [1.82, 2.24) is 10.2 Å². The molecule has 3 unspecified atom stereocenters. The Balaban J connectivity index is 2.65. The first-order valence-electron chi connectivity index (χ1n) is 6.61. The molecule has 0 heterocycles. The van der Waals surface area contributed by atoms with Gasteiger partial charge < -0.3 is 15.3 Å². The van der Waals surface area contributed by atoms with E-state index in [0.29, 0.717) is 19.4 Å². The zero-order valence-electron chi connectivity index (χ0n) is 11.7. The molecule has 1 saturated carbocycles. The lowest BCUT2D eigenvalue weighted by Gasteiger charge is -2.22. The lowest BCUT2D eigenvalue weighted by molar-refractivity contribution is -0.149. The fourth-order valence-electron chi connectivity index (χ4n) is 2.67. The molecule has 0 spiro atoms. The fraction of sp³-hybridized carbons (Fsp3) is 0.769. The molecule has 3 atom stereocenters. The number of likely N-dealkylation sites (N-methyl/N-ethyl adjacent to an activating group) is 2. The Hall–Kier alpha value is -1.59. The minimum atomic E-state index is -0.922. The molecule has 0 aromatic rings. The number of carboxylic acid groups (broad SMARTS) is 1. The van der Waals surface area contributed by atoms with E-state index >= 15 is 0 Å². The highest BCUT2D eigenvalue weighted by atomic mass is 16.4. The summed E-state index contributed by atoms with van der Waals surface area (Å²) < 4.78 is 0. The van der Waals surface area contributed by atoms with E-state index in [1.165, 1.54) is 4.90 Å². The predicted octanol–water partition coefficient (Wildman–Crippen LogP) is 0.328. The number of carboxylic acids is 1. The molecule has 1 aliphatic carbocycles. The normalized spacial score (nSPS) is 25.9. The Morgan fingerprint density at radius 3 is 2.37 bits per heavy atom. The Morgan fingerprint density at radius 1 is 1.26 bits per heavy atom. The maximum Gasteiger partial charge on any atom is 0.307 e. The number of nitrogens with one attached hydrogen (secondary N) is 1. The molecule has 0 radical (unpaired) electrons. The summed E-state index contributed by atoms with van der Waals surface area (Å²) in [6.45, 7) is 4.24. The molecule has 6 nitrogen and oxygen atoms in total. The van der Waals surface area contributed by atoms with E-state index in [1.807, 2.05) is 6.92 Å². The van der Waals surface area contributed by atoms with Gasteiger partial charge in [0, 0.05) is 13.6 Å². The summed E-state index contributed by atoms with van der Waals surface area (Å²) in [5.74, 6) is -2.30. The van der Waals surface area contributed by atoms with Crippen molar-refractivity contribution in [3.05, 3.63) is 0 Å². The van der Waals surface area contributed by atoms with Crippen LogP contribution in [0.3, 0.4) is 0 Å². The minimum absolute atomic E-state index is 0.0239. The van der Waals surface area contributed by atoms with E-state index in [2.05, 4.69) is 5.32 Å². The average Bonchev–Trinajstić information content (AvgIpc) is 2.70. The number of carbonyl (C=O) groups excluding carboxylic acids is 2. The molecule has 108 valence electrons. The first-order valence-corrected chi connectivity index (χ1v) is 6.61. The van der Waals surface area contributed by atoms with Gasteiger partial charge in [-0.3, -0.25) is 14.4 Å². The molecule has 0 aromatic heterocycles. The van der Waals surface area contributed by atoms with Crippen LogP contribution in [0.15, 0.2) is 0 Å². The molecule has 0 aromatic carbocycles. The summed E-state index contributed by atoms with van der Waals surface area (Å²) in [5.41, 5.74) is 0. The summed E-state index contributed by atoms with van der Waals surface area (Å²) in [4.78, 5) is 36.1. The number of amides is 2. The van der Waals surface area contributed by atoms with E-state index in [4.69, 9.17) is 5.11 Å². The standard InChI is InChI=1S/C13H22N2O4/c1-4-14-11(16)7-15(3)12(17)9-5-8(2)6-10(9)13(18)19/h8-10H,4-7H2,1-3H3,(H,14,16)(H,18,19). The number of aliphatic carboxylic acids is 1. The van der Waals surface area contributed by atoms with Crippen molar-refractivity contribution in [3.8, 4) is 0 Å². The third kappa shape index (κ3) is 3.94. The quantitative estimate of drug-likeness (QED) is 0.753. The zero-order chi connectivity index (χ0) is 14.6. The Bertz CT molecular complexity index is 370. The van der Waals surface area contributed by atoms with Crippen LogP contribution in [0.2, 0.25) is 0 Å². The van der Waals surface area contributed by atoms with Crippen molar-refractivity contribution >= 4 is 17.8 Å². The second-order valence-electron chi connectivity index (χ2n) is 5.28. The van der Waals surface area contributed by atoms with Crippen molar-refractivity contribution in [2.24, 2.45) is 17.8 Å². The summed E-state index contributed by atoms with van der Waals surface area (Å²) >= 11 is 0. The second-order valence-corrected chi connectivity index (χ2v) is 5.28. The van der Waals surface area contributed by atoms with Gasteiger partial charge in [-0.1, -0.05) is 6.92 Å². The number of rotatable bonds is 5. The van der Waals surface area contributed by atoms with Crippen molar-refractivity contribution in [1.29, 1.82) is 0 Å². The third-order valence-corrected chi connectivity index (χ3v) is 3.56. The molecule has 0 saturated heterocycles. The largest absolute Gasteiger partial charge is 0.481 e. The van der Waals surface area contributed by atoms with Crippen LogP contribution < -0.4 is 5.32 Å². The Morgan fingerprint density at radius 2 is 1.84 bits per heavy atom. The van der Waals surface area contributed by atoms with E-state index < -0.39 is 17.8 Å². The van der Waals surface area contributed by atoms with E-state index in [0.717, 1.165) is 0 Å². The molecule has 0 aliphatic heterocycles. The SMILES string of the molecule is CCNC(=O)CN(C)C(=O)C1CC(C)CC1C(=O)O. The van der Waals surface area contributed by atoms with E-state index in [1.54, 1.807) is 14.0 Å². The van der Waals surface area contributed by atoms with Crippen molar-refractivity contribution in [2.45, 2.75) is 26.7 Å². The van der Waals surface area contributed by atoms with Crippen molar-refractivity contribution < 1.29 is 19.5 Å². The summed E-state index contributed by atoms with van der Waals surface area (Å²) in [6.07, 6.45) is 1.11. The van der Waals surface area contributed by atoms with Crippen LogP contribution in [0.25, 0.3) is 0 Å². The van der Waals surface area contributed by atoms with Crippen LogP contribution in [-0.2, 0) is 14.4 Å². The molecular weight excluding hydrogens is 248 g/mol. The minimum Gasteiger partial charge on any atom is -0.481 e. The molecule has 2 N–H and O–H groups in total. The molecule has 1 fully saturated rings. The van der Waals surface area contributed by atoms with Gasteiger partial charge in [-0.2, -0.15) is 0 Å². The first kappa shape index (κ1) is 15.5. The summed E-state index contributed by atoms with van der Waals surface area (Å²) in [5, 5.41) is 11.8. The highest BCUT2D eigenvalue weighted by Crippen LogP contribution is 2.37. The van der Waals surface area contributed by atoms with Crippen molar-refractivity contribution in [2.75, 3.05) is 20.1 Å². The highest BCUT2D eigenvalue weighted by molar-refractivity contribution is 5.88. The first-order chi connectivity index (χ1) is 8.86. The molecule has 1 rings (SSSR count). The molecular formula is C13H22N2O4. The molecule has 19 heavy (non-hydrogen) atoms. The van der Waals surface area contributed by atoms with Crippen LogP contribution in [0, 0.1) is 17.8 Å². The molecule has 6 heteroatoms.